The highest BCUT2D eigenvalue weighted by atomic mass is 19.1. The summed E-state index contributed by atoms with van der Waals surface area (Å²) >= 11 is 0. The van der Waals surface area contributed by atoms with Crippen molar-refractivity contribution in [1.82, 2.24) is 5.32 Å². The molecular formula is C19H21F2NO. The Labute approximate surface area is 135 Å². The average molecular weight is 317 g/mol. The lowest BCUT2D eigenvalue weighted by atomic mass is 9.74. The number of nitrogens with one attached hydrogen (secondary N) is 1. The molecule has 3 rings (SSSR count). The molecule has 2 aromatic rings. The van der Waals surface area contributed by atoms with E-state index in [0.29, 0.717) is 6.54 Å². The standard InChI is InChI=1S/C19H21F2NO/c20-17-5-1-15(2-6-17)13-22-14-19(9-11-23-12-10-19)16-3-7-18(21)8-4-16/h1-8,22H,9-14H2. The van der Waals surface area contributed by atoms with Gasteiger partial charge >= 0.3 is 0 Å². The molecule has 0 aliphatic carbocycles. The van der Waals surface area contributed by atoms with Crippen LogP contribution in [0.25, 0.3) is 0 Å². The van der Waals surface area contributed by atoms with Crippen LogP contribution < -0.4 is 5.32 Å². The van der Waals surface area contributed by atoms with Crippen LogP contribution in [0.5, 0.6) is 0 Å². The molecule has 0 amide bonds. The van der Waals surface area contributed by atoms with E-state index in [1.807, 2.05) is 12.1 Å². The Hall–Kier alpha value is -1.78. The lowest BCUT2D eigenvalue weighted by Crippen LogP contribution is -2.42. The van der Waals surface area contributed by atoms with E-state index >= 15 is 0 Å². The summed E-state index contributed by atoms with van der Waals surface area (Å²) in [5, 5.41) is 3.47. The van der Waals surface area contributed by atoms with E-state index in [9.17, 15) is 8.78 Å². The predicted molar refractivity (Wildman–Crippen MR) is 86.2 cm³/mol. The maximum atomic E-state index is 13.2. The fourth-order valence-electron chi connectivity index (χ4n) is 3.18. The molecule has 0 bridgehead atoms. The molecule has 1 fully saturated rings. The predicted octanol–water partition coefficient (Wildman–Crippen LogP) is 3.80. The van der Waals surface area contributed by atoms with E-state index in [2.05, 4.69) is 5.32 Å². The molecule has 1 saturated heterocycles. The summed E-state index contributed by atoms with van der Waals surface area (Å²) in [5.74, 6) is -0.434. The van der Waals surface area contributed by atoms with Gasteiger partial charge in [-0.25, -0.2) is 8.78 Å². The van der Waals surface area contributed by atoms with Crippen LogP contribution in [0.1, 0.15) is 24.0 Å². The molecule has 4 heteroatoms. The van der Waals surface area contributed by atoms with Gasteiger partial charge in [0, 0.05) is 31.7 Å². The second-order valence-corrected chi connectivity index (χ2v) is 6.13. The molecule has 1 heterocycles. The van der Waals surface area contributed by atoms with E-state index in [1.165, 1.54) is 24.3 Å². The van der Waals surface area contributed by atoms with Gasteiger partial charge in [-0.3, -0.25) is 0 Å². The smallest absolute Gasteiger partial charge is 0.123 e. The van der Waals surface area contributed by atoms with Crippen LogP contribution in [0, 0.1) is 11.6 Å². The lowest BCUT2D eigenvalue weighted by molar-refractivity contribution is 0.0497. The quantitative estimate of drug-likeness (QED) is 0.905. The van der Waals surface area contributed by atoms with Crippen molar-refractivity contribution < 1.29 is 13.5 Å². The Morgan fingerprint density at radius 2 is 1.43 bits per heavy atom. The third-order valence-corrected chi connectivity index (χ3v) is 4.61. The number of benzene rings is 2. The zero-order valence-electron chi connectivity index (χ0n) is 13.0. The van der Waals surface area contributed by atoms with Gasteiger partial charge in [-0.1, -0.05) is 24.3 Å². The van der Waals surface area contributed by atoms with Crippen LogP contribution in [-0.4, -0.2) is 19.8 Å². The third-order valence-electron chi connectivity index (χ3n) is 4.61. The number of ether oxygens (including phenoxy) is 1. The molecule has 1 aliphatic rings. The third kappa shape index (κ3) is 3.95. The fraction of sp³-hybridized carbons (Fsp3) is 0.368. The molecule has 0 saturated carbocycles. The summed E-state index contributed by atoms with van der Waals surface area (Å²) in [6, 6.07) is 13.3. The van der Waals surface area contributed by atoms with Crippen molar-refractivity contribution in [2.75, 3.05) is 19.8 Å². The maximum Gasteiger partial charge on any atom is 0.123 e. The van der Waals surface area contributed by atoms with Crippen molar-refractivity contribution in [1.29, 1.82) is 0 Å². The van der Waals surface area contributed by atoms with Crippen molar-refractivity contribution in [2.24, 2.45) is 0 Å². The van der Waals surface area contributed by atoms with Gasteiger partial charge in [0.1, 0.15) is 11.6 Å². The van der Waals surface area contributed by atoms with Gasteiger partial charge < -0.3 is 10.1 Å². The highest BCUT2D eigenvalue weighted by molar-refractivity contribution is 5.27. The zero-order chi connectivity index (χ0) is 16.1. The molecule has 0 radical (unpaired) electrons. The van der Waals surface area contributed by atoms with E-state index in [1.54, 1.807) is 12.1 Å². The minimum Gasteiger partial charge on any atom is -0.381 e. The Morgan fingerprint density at radius 1 is 0.870 bits per heavy atom. The monoisotopic (exact) mass is 317 g/mol. The lowest BCUT2D eigenvalue weighted by Gasteiger charge is -2.38. The van der Waals surface area contributed by atoms with Gasteiger partial charge in [-0.05, 0) is 48.2 Å². The number of hydrogen-bond acceptors (Lipinski definition) is 2. The molecule has 1 aliphatic heterocycles. The van der Waals surface area contributed by atoms with Gasteiger partial charge in [-0.2, -0.15) is 0 Å². The Morgan fingerprint density at radius 3 is 2.04 bits per heavy atom. The molecule has 0 atom stereocenters. The van der Waals surface area contributed by atoms with Crippen LogP contribution >= 0.6 is 0 Å². The molecule has 1 N–H and O–H groups in total. The molecule has 2 aromatic carbocycles. The van der Waals surface area contributed by atoms with Gasteiger partial charge in [0.2, 0.25) is 0 Å². The average Bonchev–Trinajstić information content (AvgIpc) is 2.58. The Balaban J connectivity index is 1.69. The van der Waals surface area contributed by atoms with Gasteiger partial charge in [0.15, 0.2) is 0 Å². The fourth-order valence-corrected chi connectivity index (χ4v) is 3.18. The summed E-state index contributed by atoms with van der Waals surface area (Å²) in [6.45, 7) is 2.91. The second kappa shape index (κ2) is 7.20. The first kappa shape index (κ1) is 16.1. The topological polar surface area (TPSA) is 21.3 Å². The number of halogens is 2. The highest BCUT2D eigenvalue weighted by Crippen LogP contribution is 2.34. The van der Waals surface area contributed by atoms with Crippen LogP contribution in [0.3, 0.4) is 0 Å². The van der Waals surface area contributed by atoms with E-state index in [0.717, 1.165) is 43.7 Å². The summed E-state index contributed by atoms with van der Waals surface area (Å²) in [7, 11) is 0. The van der Waals surface area contributed by atoms with E-state index in [-0.39, 0.29) is 17.0 Å². The minimum absolute atomic E-state index is 0.0357. The van der Waals surface area contributed by atoms with Crippen molar-refractivity contribution in [2.45, 2.75) is 24.8 Å². The normalized spacial score (nSPS) is 17.1. The van der Waals surface area contributed by atoms with Crippen LogP contribution in [0.2, 0.25) is 0 Å². The van der Waals surface area contributed by atoms with Gasteiger partial charge in [0.25, 0.3) is 0 Å². The van der Waals surface area contributed by atoms with Crippen LogP contribution in [0.15, 0.2) is 48.5 Å². The summed E-state index contributed by atoms with van der Waals surface area (Å²) in [6.07, 6.45) is 1.82. The summed E-state index contributed by atoms with van der Waals surface area (Å²) in [4.78, 5) is 0. The van der Waals surface area contributed by atoms with Gasteiger partial charge in [0.05, 0.1) is 0 Å². The zero-order valence-corrected chi connectivity index (χ0v) is 13.0. The maximum absolute atomic E-state index is 13.2. The first-order valence-electron chi connectivity index (χ1n) is 7.97. The van der Waals surface area contributed by atoms with Crippen molar-refractivity contribution >= 4 is 0 Å². The van der Waals surface area contributed by atoms with E-state index < -0.39 is 0 Å². The molecular weight excluding hydrogens is 296 g/mol. The molecule has 2 nitrogen and oxygen atoms in total. The minimum atomic E-state index is -0.221. The summed E-state index contributed by atoms with van der Waals surface area (Å²) < 4.78 is 31.7. The number of rotatable bonds is 5. The SMILES string of the molecule is Fc1ccc(CNCC2(c3ccc(F)cc3)CCOCC2)cc1. The van der Waals surface area contributed by atoms with Gasteiger partial charge in [-0.15, -0.1) is 0 Å². The molecule has 0 spiro atoms. The number of hydrogen-bond donors (Lipinski definition) is 1. The second-order valence-electron chi connectivity index (χ2n) is 6.13. The van der Waals surface area contributed by atoms with Crippen molar-refractivity contribution in [3.63, 3.8) is 0 Å². The van der Waals surface area contributed by atoms with Crippen LogP contribution in [0.4, 0.5) is 8.78 Å². The molecule has 23 heavy (non-hydrogen) atoms. The molecule has 122 valence electrons. The highest BCUT2D eigenvalue weighted by Gasteiger charge is 2.34. The first-order chi connectivity index (χ1) is 11.2. The molecule has 0 unspecified atom stereocenters. The van der Waals surface area contributed by atoms with Crippen molar-refractivity contribution in [3.8, 4) is 0 Å². The largest absolute Gasteiger partial charge is 0.381 e. The van der Waals surface area contributed by atoms with Crippen molar-refractivity contribution in [3.05, 3.63) is 71.3 Å². The Bertz CT molecular complexity index is 619. The van der Waals surface area contributed by atoms with Crippen LogP contribution in [-0.2, 0) is 16.7 Å². The first-order valence-corrected chi connectivity index (χ1v) is 7.97. The Kier molecular flexibility index (Phi) is 5.03. The van der Waals surface area contributed by atoms with E-state index in [4.69, 9.17) is 4.74 Å². The molecule has 0 aromatic heterocycles. The summed E-state index contributed by atoms with van der Waals surface area (Å²) in [5.41, 5.74) is 2.16.